The summed E-state index contributed by atoms with van der Waals surface area (Å²) in [7, 11) is 0. The molecule has 11 aromatic carbocycles. The Morgan fingerprint density at radius 1 is 0.338 bits per heavy atom. The van der Waals surface area contributed by atoms with Crippen molar-refractivity contribution in [2.75, 3.05) is 4.90 Å². The van der Waals surface area contributed by atoms with E-state index in [-0.39, 0.29) is 0 Å². The van der Waals surface area contributed by atoms with Gasteiger partial charge in [-0.2, -0.15) is 0 Å². The van der Waals surface area contributed by atoms with E-state index in [2.05, 4.69) is 241 Å². The van der Waals surface area contributed by atoms with Crippen molar-refractivity contribution >= 4 is 92.1 Å². The monoisotopic (exact) mass is 845 g/mol. The minimum atomic E-state index is 0.866. The molecule has 0 saturated heterocycles. The predicted octanol–water partition coefficient (Wildman–Crippen LogP) is 18.4. The molecule has 0 bridgehead atoms. The molecule has 2 nitrogen and oxygen atoms in total. The molecule has 0 aliphatic heterocycles. The van der Waals surface area contributed by atoms with Crippen molar-refractivity contribution in [3.8, 4) is 44.5 Å². The van der Waals surface area contributed by atoms with E-state index in [9.17, 15) is 0 Å². The second-order valence-electron chi connectivity index (χ2n) is 16.8. The molecule has 0 aliphatic rings. The van der Waals surface area contributed by atoms with Gasteiger partial charge in [0.15, 0.2) is 0 Å². The minimum Gasteiger partial charge on any atom is -0.455 e. The fraction of sp³-hybridized carbons (Fsp3) is 0. The molecule has 0 saturated carbocycles. The van der Waals surface area contributed by atoms with E-state index in [0.717, 1.165) is 50.1 Å². The number of nitrogens with zero attached hydrogens (tertiary/aromatic N) is 1. The highest BCUT2D eigenvalue weighted by Crippen LogP contribution is 2.48. The van der Waals surface area contributed by atoms with Gasteiger partial charge < -0.3 is 9.32 Å². The number of rotatable bonds is 7. The zero-order valence-electron chi connectivity index (χ0n) is 35.3. The third-order valence-corrected chi connectivity index (χ3v) is 14.3. The Bertz CT molecular complexity index is 3920. The van der Waals surface area contributed by atoms with Gasteiger partial charge in [0.25, 0.3) is 0 Å². The van der Waals surface area contributed by atoms with E-state index in [4.69, 9.17) is 4.42 Å². The molecule has 3 heteroatoms. The first-order chi connectivity index (χ1) is 32.2. The third-order valence-electron chi connectivity index (χ3n) is 13.1. The number of hydrogen-bond donors (Lipinski definition) is 0. The summed E-state index contributed by atoms with van der Waals surface area (Å²) < 4.78 is 9.49. The van der Waals surface area contributed by atoms with E-state index < -0.39 is 0 Å². The van der Waals surface area contributed by atoms with Crippen molar-refractivity contribution in [3.05, 3.63) is 237 Å². The number of anilines is 3. The Labute approximate surface area is 380 Å². The summed E-state index contributed by atoms with van der Waals surface area (Å²) in [5.74, 6) is 0. The van der Waals surface area contributed by atoms with Crippen LogP contribution in [0.2, 0.25) is 0 Å². The number of benzene rings is 11. The molecule has 2 heterocycles. The largest absolute Gasteiger partial charge is 0.455 e. The fourth-order valence-electron chi connectivity index (χ4n) is 9.89. The van der Waals surface area contributed by atoms with E-state index in [0.29, 0.717) is 0 Å². The van der Waals surface area contributed by atoms with Gasteiger partial charge in [-0.05, 0) is 109 Å². The Kier molecular flexibility index (Phi) is 8.75. The Hall–Kier alpha value is -8.24. The summed E-state index contributed by atoms with van der Waals surface area (Å²) in [6, 6.07) is 85.8. The summed E-state index contributed by atoms with van der Waals surface area (Å²) >= 11 is 1.88. The Morgan fingerprint density at radius 2 is 0.923 bits per heavy atom. The molecule has 13 rings (SSSR count). The lowest BCUT2D eigenvalue weighted by molar-refractivity contribution is 0.670. The smallest absolute Gasteiger partial charge is 0.145 e. The average molecular weight is 846 g/mol. The van der Waals surface area contributed by atoms with Gasteiger partial charge in [-0.3, -0.25) is 0 Å². The van der Waals surface area contributed by atoms with E-state index >= 15 is 0 Å². The van der Waals surface area contributed by atoms with Gasteiger partial charge in [0, 0.05) is 42.5 Å². The average Bonchev–Trinajstić information content (AvgIpc) is 3.96. The minimum absolute atomic E-state index is 0.866. The second-order valence-corrected chi connectivity index (χ2v) is 17.9. The van der Waals surface area contributed by atoms with E-state index in [1.807, 2.05) is 11.3 Å². The summed E-state index contributed by atoms with van der Waals surface area (Å²) in [5, 5.41) is 9.70. The Morgan fingerprint density at radius 3 is 1.75 bits per heavy atom. The van der Waals surface area contributed by atoms with Crippen molar-refractivity contribution in [1.29, 1.82) is 0 Å². The van der Waals surface area contributed by atoms with Crippen LogP contribution in [0.3, 0.4) is 0 Å². The molecule has 0 unspecified atom stereocenters. The topological polar surface area (TPSA) is 16.4 Å². The maximum absolute atomic E-state index is 6.87. The standard InChI is InChI=1S/C62H39NOS/c1-3-12-40(13-4-1)41-22-24-45(25-23-41)52-36-37-57(60-56-18-9-10-21-58(56)64-61(52)60)63(49-33-35-51-47(38-49)27-26-44-16-7-8-17-50(44)51)48-31-28-42(29-32-48)46-30-34-54-55-20-11-19-53(43-14-5-2-6-15-43)62(55)65-59(54)39-46/h1-39H. The molecule has 0 radical (unpaired) electrons. The zero-order chi connectivity index (χ0) is 42.8. The summed E-state index contributed by atoms with van der Waals surface area (Å²) in [4.78, 5) is 2.41. The van der Waals surface area contributed by atoms with Gasteiger partial charge in [0.2, 0.25) is 0 Å². The number of furan rings is 1. The van der Waals surface area contributed by atoms with Crippen LogP contribution >= 0.6 is 11.3 Å². The SMILES string of the molecule is c1ccc(-c2ccc(-c3ccc(N(c4ccc(-c5ccc6c(c5)sc5c(-c7ccccc7)cccc56)cc4)c4ccc5c(ccc6ccccc65)c4)c4c3oc3ccccc34)cc2)cc1. The van der Waals surface area contributed by atoms with E-state index in [1.165, 1.54) is 75.1 Å². The van der Waals surface area contributed by atoms with Gasteiger partial charge in [0.05, 0.1) is 11.1 Å². The first kappa shape index (κ1) is 37.3. The first-order valence-electron chi connectivity index (χ1n) is 22.1. The molecule has 0 fully saturated rings. The fourth-order valence-corrected chi connectivity index (χ4v) is 11.2. The quantitative estimate of drug-likeness (QED) is 0.149. The molecule has 2 aromatic heterocycles. The van der Waals surface area contributed by atoms with Crippen LogP contribution in [-0.2, 0) is 0 Å². The highest BCUT2D eigenvalue weighted by atomic mass is 32.1. The molecule has 304 valence electrons. The lowest BCUT2D eigenvalue weighted by Crippen LogP contribution is -2.10. The molecule has 65 heavy (non-hydrogen) atoms. The van der Waals surface area contributed by atoms with Gasteiger partial charge >= 0.3 is 0 Å². The lowest BCUT2D eigenvalue weighted by atomic mass is 9.97. The molecule has 0 amide bonds. The zero-order valence-corrected chi connectivity index (χ0v) is 36.1. The van der Waals surface area contributed by atoms with Crippen molar-refractivity contribution in [3.63, 3.8) is 0 Å². The van der Waals surface area contributed by atoms with Gasteiger partial charge in [-0.1, -0.05) is 188 Å². The van der Waals surface area contributed by atoms with Crippen LogP contribution in [-0.4, -0.2) is 0 Å². The highest BCUT2D eigenvalue weighted by Gasteiger charge is 2.23. The molecular formula is C62H39NOS. The van der Waals surface area contributed by atoms with Crippen molar-refractivity contribution in [2.45, 2.75) is 0 Å². The van der Waals surface area contributed by atoms with Crippen LogP contribution in [0.5, 0.6) is 0 Å². The van der Waals surface area contributed by atoms with Crippen molar-refractivity contribution < 1.29 is 4.42 Å². The summed E-state index contributed by atoms with van der Waals surface area (Å²) in [6.45, 7) is 0. The number of thiophene rings is 1. The Balaban J connectivity index is 0.961. The summed E-state index contributed by atoms with van der Waals surface area (Å²) in [6.07, 6.45) is 0. The molecular weight excluding hydrogens is 807 g/mol. The normalized spacial score (nSPS) is 11.7. The van der Waals surface area contributed by atoms with Crippen molar-refractivity contribution in [1.82, 2.24) is 0 Å². The van der Waals surface area contributed by atoms with Crippen LogP contribution in [0.25, 0.3) is 108 Å². The molecule has 0 spiro atoms. The maximum Gasteiger partial charge on any atom is 0.145 e. The van der Waals surface area contributed by atoms with Gasteiger partial charge in [0.1, 0.15) is 11.2 Å². The van der Waals surface area contributed by atoms with Crippen LogP contribution in [0.1, 0.15) is 0 Å². The van der Waals surface area contributed by atoms with Crippen LogP contribution in [0, 0.1) is 0 Å². The lowest BCUT2D eigenvalue weighted by Gasteiger charge is -2.27. The molecule has 0 aliphatic carbocycles. The van der Waals surface area contributed by atoms with E-state index in [1.54, 1.807) is 0 Å². The number of hydrogen-bond acceptors (Lipinski definition) is 3. The summed E-state index contributed by atoms with van der Waals surface area (Å²) in [5.41, 5.74) is 14.4. The highest BCUT2D eigenvalue weighted by molar-refractivity contribution is 7.26. The first-order valence-corrected chi connectivity index (χ1v) is 23.0. The maximum atomic E-state index is 6.87. The third kappa shape index (κ3) is 6.31. The molecule has 0 N–H and O–H groups in total. The number of fused-ring (bicyclic) bond motifs is 9. The van der Waals surface area contributed by atoms with Crippen molar-refractivity contribution in [2.24, 2.45) is 0 Å². The van der Waals surface area contributed by atoms with Gasteiger partial charge in [-0.15, -0.1) is 11.3 Å². The van der Waals surface area contributed by atoms with Gasteiger partial charge in [-0.25, -0.2) is 0 Å². The predicted molar refractivity (Wildman–Crippen MR) is 278 cm³/mol. The molecule has 13 aromatic rings. The van der Waals surface area contributed by atoms with Crippen LogP contribution in [0.15, 0.2) is 241 Å². The second kappa shape index (κ2) is 15.2. The van der Waals surface area contributed by atoms with Crippen LogP contribution in [0.4, 0.5) is 17.1 Å². The van der Waals surface area contributed by atoms with Crippen LogP contribution < -0.4 is 4.90 Å². The number of para-hydroxylation sites is 1. The molecule has 0 atom stereocenters.